The van der Waals surface area contributed by atoms with Crippen molar-refractivity contribution in [2.75, 3.05) is 23.4 Å². The Hall–Kier alpha value is -4.30. The van der Waals surface area contributed by atoms with Gasteiger partial charge in [-0.25, -0.2) is 0 Å². The summed E-state index contributed by atoms with van der Waals surface area (Å²) in [6, 6.07) is 19.7. The van der Waals surface area contributed by atoms with Gasteiger partial charge in [0.05, 0.1) is 5.69 Å². The SMILES string of the molecule is C=C/C=C\C=C\N(C1=CC(C)=CCC1)c1ccc(/C=C\C)c2c(=C/CN(C)c3ccccc3)/c(=C\CC)ccc12. The molecule has 0 spiro atoms. The summed E-state index contributed by atoms with van der Waals surface area (Å²) in [5.41, 5.74) is 6.27. The molecule has 0 unspecified atom stereocenters. The molecule has 0 aliphatic heterocycles. The van der Waals surface area contributed by atoms with Crippen molar-refractivity contribution < 1.29 is 0 Å². The number of rotatable bonds is 10. The van der Waals surface area contributed by atoms with Crippen LogP contribution in [0.4, 0.5) is 11.4 Å². The van der Waals surface area contributed by atoms with E-state index in [4.69, 9.17) is 0 Å². The smallest absolute Gasteiger partial charge is 0.0531 e. The fraction of sp³-hybridized carbons (Fsp3) is 0.211. The highest BCUT2D eigenvalue weighted by molar-refractivity contribution is 6.01. The van der Waals surface area contributed by atoms with Gasteiger partial charge in [-0.2, -0.15) is 0 Å². The normalized spacial score (nSPS) is 14.9. The van der Waals surface area contributed by atoms with Gasteiger partial charge < -0.3 is 9.80 Å². The van der Waals surface area contributed by atoms with Gasteiger partial charge in [-0.1, -0.05) is 104 Å². The lowest BCUT2D eigenvalue weighted by atomic mass is 9.96. The summed E-state index contributed by atoms with van der Waals surface area (Å²) in [7, 11) is 2.16. The second-order valence-corrected chi connectivity index (χ2v) is 10.2. The number of hydrogen-bond acceptors (Lipinski definition) is 2. The monoisotopic (exact) mass is 526 g/mol. The topological polar surface area (TPSA) is 6.48 Å². The average molecular weight is 527 g/mol. The van der Waals surface area contributed by atoms with Crippen molar-refractivity contribution in [2.24, 2.45) is 0 Å². The van der Waals surface area contributed by atoms with Crippen LogP contribution in [-0.2, 0) is 0 Å². The lowest BCUT2D eigenvalue weighted by Gasteiger charge is -2.28. The van der Waals surface area contributed by atoms with E-state index in [1.165, 1.54) is 49.4 Å². The second kappa shape index (κ2) is 14.2. The minimum Gasteiger partial charge on any atom is -0.371 e. The maximum Gasteiger partial charge on any atom is 0.0531 e. The van der Waals surface area contributed by atoms with Crippen LogP contribution >= 0.6 is 0 Å². The van der Waals surface area contributed by atoms with Gasteiger partial charge in [-0.15, -0.1) is 0 Å². The molecule has 0 N–H and O–H groups in total. The number of nitrogens with zero attached hydrogens (tertiary/aromatic N) is 2. The number of anilines is 2. The first kappa shape index (κ1) is 28.7. The molecule has 1 aliphatic carbocycles. The van der Waals surface area contributed by atoms with E-state index in [2.05, 4.69) is 148 Å². The third-order valence-electron chi connectivity index (χ3n) is 7.22. The zero-order valence-corrected chi connectivity index (χ0v) is 24.5. The van der Waals surface area contributed by atoms with Crippen molar-refractivity contribution in [3.63, 3.8) is 0 Å². The molecule has 0 saturated carbocycles. The summed E-state index contributed by atoms with van der Waals surface area (Å²) >= 11 is 0. The Kier molecular flexibility index (Phi) is 10.2. The summed E-state index contributed by atoms with van der Waals surface area (Å²) in [6.45, 7) is 11.1. The maximum absolute atomic E-state index is 3.82. The molecule has 0 radical (unpaired) electrons. The predicted octanol–water partition coefficient (Wildman–Crippen LogP) is 8.67. The number of hydrogen-bond donors (Lipinski definition) is 0. The minimum absolute atomic E-state index is 0.818. The van der Waals surface area contributed by atoms with E-state index in [9.17, 15) is 0 Å². The van der Waals surface area contributed by atoms with E-state index in [1.807, 2.05) is 18.2 Å². The molecular weight excluding hydrogens is 484 g/mol. The van der Waals surface area contributed by atoms with Crippen LogP contribution in [0.1, 0.15) is 45.6 Å². The molecule has 0 heterocycles. The summed E-state index contributed by atoms with van der Waals surface area (Å²) in [4.78, 5) is 4.67. The first-order valence-corrected chi connectivity index (χ1v) is 14.3. The van der Waals surface area contributed by atoms with Gasteiger partial charge in [0.15, 0.2) is 0 Å². The van der Waals surface area contributed by atoms with Crippen LogP contribution < -0.4 is 20.2 Å². The standard InChI is InChI=1S/C38H42N2/c1-6-9-10-14-27-40(34-21-15-18-30(4)29-34)37-25-23-32(17-8-3)38-35(31(16-7-2)22-24-36(37)38)26-28-39(5)33-19-12-11-13-20-33/h6,8-14,16-20,22-27,29H,1,7,15,21,28H2,2-5H3/b10-9-,17-8-,27-14+,31-16-,35-26+. The first-order chi connectivity index (χ1) is 19.6. The van der Waals surface area contributed by atoms with Gasteiger partial charge in [-0.3, -0.25) is 0 Å². The maximum atomic E-state index is 3.82. The highest BCUT2D eigenvalue weighted by Gasteiger charge is 2.16. The average Bonchev–Trinajstić information content (AvgIpc) is 2.97. The van der Waals surface area contributed by atoms with Crippen LogP contribution in [0.15, 0.2) is 121 Å². The molecular formula is C38H42N2. The van der Waals surface area contributed by atoms with Crippen LogP contribution in [0.3, 0.4) is 0 Å². The van der Waals surface area contributed by atoms with E-state index in [1.54, 1.807) is 0 Å². The Bertz CT molecular complexity index is 1600. The molecule has 0 amide bonds. The van der Waals surface area contributed by atoms with Crippen molar-refractivity contribution in [2.45, 2.75) is 40.0 Å². The number of benzene rings is 3. The molecule has 3 aromatic carbocycles. The summed E-state index contributed by atoms with van der Waals surface area (Å²) in [6.07, 6.45) is 26.9. The molecule has 40 heavy (non-hydrogen) atoms. The van der Waals surface area contributed by atoms with Crippen LogP contribution in [0.2, 0.25) is 0 Å². The van der Waals surface area contributed by atoms with Crippen LogP contribution in [0.25, 0.3) is 29.0 Å². The van der Waals surface area contributed by atoms with Crippen molar-refractivity contribution in [3.05, 3.63) is 137 Å². The molecule has 3 aromatic rings. The zero-order chi connectivity index (χ0) is 28.3. The van der Waals surface area contributed by atoms with Gasteiger partial charge >= 0.3 is 0 Å². The molecule has 1 aliphatic rings. The lowest BCUT2D eigenvalue weighted by Crippen LogP contribution is -2.29. The Morgan fingerprint density at radius 2 is 1.77 bits per heavy atom. The van der Waals surface area contributed by atoms with E-state index < -0.39 is 0 Å². The molecule has 2 heteroatoms. The lowest BCUT2D eigenvalue weighted by molar-refractivity contribution is 0.903. The van der Waals surface area contributed by atoms with Gasteiger partial charge in [0, 0.05) is 36.6 Å². The van der Waals surface area contributed by atoms with Gasteiger partial charge in [0.1, 0.15) is 0 Å². The highest BCUT2D eigenvalue weighted by Crippen LogP contribution is 2.33. The first-order valence-electron chi connectivity index (χ1n) is 14.3. The Labute approximate surface area is 240 Å². The van der Waals surface area contributed by atoms with E-state index in [0.717, 1.165) is 25.8 Å². The van der Waals surface area contributed by atoms with Gasteiger partial charge in [0.25, 0.3) is 0 Å². The molecule has 204 valence electrons. The Morgan fingerprint density at radius 1 is 0.950 bits per heavy atom. The number of allylic oxidation sites excluding steroid dienone is 9. The van der Waals surface area contributed by atoms with E-state index >= 15 is 0 Å². The van der Waals surface area contributed by atoms with Crippen molar-refractivity contribution in [1.29, 1.82) is 0 Å². The van der Waals surface area contributed by atoms with Crippen molar-refractivity contribution in [3.8, 4) is 0 Å². The summed E-state index contributed by atoms with van der Waals surface area (Å²) in [5, 5.41) is 5.12. The zero-order valence-electron chi connectivity index (χ0n) is 24.5. The fourth-order valence-corrected chi connectivity index (χ4v) is 5.31. The van der Waals surface area contributed by atoms with E-state index in [-0.39, 0.29) is 0 Å². The molecule has 4 rings (SSSR count). The molecule has 2 nitrogen and oxygen atoms in total. The largest absolute Gasteiger partial charge is 0.371 e. The summed E-state index contributed by atoms with van der Waals surface area (Å²) < 4.78 is 0. The summed E-state index contributed by atoms with van der Waals surface area (Å²) in [5.74, 6) is 0. The molecule has 0 saturated heterocycles. The van der Waals surface area contributed by atoms with Crippen molar-refractivity contribution >= 4 is 40.4 Å². The third-order valence-corrected chi connectivity index (χ3v) is 7.22. The number of para-hydroxylation sites is 1. The second-order valence-electron chi connectivity index (χ2n) is 10.2. The molecule has 0 fully saturated rings. The predicted molar refractivity (Wildman–Crippen MR) is 179 cm³/mol. The van der Waals surface area contributed by atoms with E-state index in [0.29, 0.717) is 0 Å². The molecule has 0 bridgehead atoms. The van der Waals surface area contributed by atoms with Gasteiger partial charge in [-0.05, 0) is 84.8 Å². The van der Waals surface area contributed by atoms with Crippen molar-refractivity contribution in [1.82, 2.24) is 0 Å². The van der Waals surface area contributed by atoms with Crippen LogP contribution in [-0.4, -0.2) is 13.6 Å². The fourth-order valence-electron chi connectivity index (χ4n) is 5.31. The highest BCUT2D eigenvalue weighted by atomic mass is 15.1. The Morgan fingerprint density at radius 3 is 2.50 bits per heavy atom. The van der Waals surface area contributed by atoms with Crippen LogP contribution in [0.5, 0.6) is 0 Å². The third kappa shape index (κ3) is 6.82. The van der Waals surface area contributed by atoms with Crippen LogP contribution in [0, 0.1) is 0 Å². The molecule has 0 aromatic heterocycles. The molecule has 0 atom stereocenters. The Balaban J connectivity index is 1.98. The number of fused-ring (bicyclic) bond motifs is 1. The van der Waals surface area contributed by atoms with Gasteiger partial charge in [0.2, 0.25) is 0 Å². The quantitative estimate of drug-likeness (QED) is 0.244. The minimum atomic E-state index is 0.818.